The van der Waals surface area contributed by atoms with Crippen molar-refractivity contribution in [3.05, 3.63) is 59.7 Å². The first kappa shape index (κ1) is 23.3. The van der Waals surface area contributed by atoms with Gasteiger partial charge in [-0.15, -0.1) is 0 Å². The molecule has 0 aliphatic heterocycles. The average molecular weight is 429 g/mol. The molecule has 0 bridgehead atoms. The molecule has 1 atom stereocenters. The number of nitrogens with zero attached hydrogens (tertiary/aromatic N) is 1. The Morgan fingerprint density at radius 2 is 1.63 bits per heavy atom. The van der Waals surface area contributed by atoms with Crippen LogP contribution >= 0.6 is 0 Å². The number of nitrogens with one attached hydrogen (secondary N) is 2. The molecule has 0 radical (unpaired) electrons. The molecule has 0 saturated heterocycles. The monoisotopic (exact) mass is 429 g/mol. The molecule has 3 N–H and O–H groups in total. The minimum Gasteiger partial charge on any atom is -0.435 e. The summed E-state index contributed by atoms with van der Waals surface area (Å²) in [6.45, 7) is -3.08. The van der Waals surface area contributed by atoms with Crippen LogP contribution in [0.4, 0.5) is 17.6 Å². The fourth-order valence-electron chi connectivity index (χ4n) is 2.51. The van der Waals surface area contributed by atoms with Crippen molar-refractivity contribution in [2.75, 3.05) is 13.1 Å². The summed E-state index contributed by atoms with van der Waals surface area (Å²) in [4.78, 5) is 4.35. The molecule has 164 valence electrons. The zero-order valence-corrected chi connectivity index (χ0v) is 16.2. The van der Waals surface area contributed by atoms with Crippen molar-refractivity contribution in [2.45, 2.75) is 32.8 Å². The van der Waals surface area contributed by atoms with Gasteiger partial charge in [-0.25, -0.2) is 4.99 Å². The number of alkyl halides is 4. The summed E-state index contributed by atoms with van der Waals surface area (Å²) in [5.41, 5.74) is 1.18. The van der Waals surface area contributed by atoms with E-state index >= 15 is 0 Å². The van der Waals surface area contributed by atoms with E-state index in [0.29, 0.717) is 23.6 Å². The molecule has 2 aromatic carbocycles. The van der Waals surface area contributed by atoms with E-state index in [4.69, 9.17) is 0 Å². The number of halogens is 4. The smallest absolute Gasteiger partial charge is 0.387 e. The van der Waals surface area contributed by atoms with Crippen LogP contribution in [0.15, 0.2) is 53.5 Å². The first-order valence-electron chi connectivity index (χ1n) is 9.16. The summed E-state index contributed by atoms with van der Waals surface area (Å²) in [6.07, 6.45) is -0.919. The van der Waals surface area contributed by atoms with Crippen molar-refractivity contribution in [3.8, 4) is 11.5 Å². The van der Waals surface area contributed by atoms with Gasteiger partial charge >= 0.3 is 13.2 Å². The number of ether oxygens (including phenoxy) is 2. The van der Waals surface area contributed by atoms with E-state index in [2.05, 4.69) is 25.1 Å². The Labute approximate surface area is 171 Å². The number of hydrogen-bond donors (Lipinski definition) is 3. The van der Waals surface area contributed by atoms with Crippen LogP contribution in [0.1, 0.15) is 24.2 Å². The fourth-order valence-corrected chi connectivity index (χ4v) is 2.51. The molecule has 0 aliphatic carbocycles. The van der Waals surface area contributed by atoms with Gasteiger partial charge in [0.25, 0.3) is 0 Å². The van der Waals surface area contributed by atoms with Crippen LogP contribution in [-0.4, -0.2) is 37.4 Å². The third-order valence-electron chi connectivity index (χ3n) is 3.84. The molecule has 0 saturated carbocycles. The number of guanidine groups is 1. The van der Waals surface area contributed by atoms with E-state index < -0.39 is 19.3 Å². The largest absolute Gasteiger partial charge is 0.435 e. The fraction of sp³-hybridized carbons (Fsp3) is 0.350. The molecule has 0 aromatic heterocycles. The average Bonchev–Trinajstić information content (AvgIpc) is 2.70. The van der Waals surface area contributed by atoms with Crippen LogP contribution in [0, 0.1) is 0 Å². The Morgan fingerprint density at radius 1 is 0.967 bits per heavy atom. The summed E-state index contributed by atoms with van der Waals surface area (Å²) in [6, 6.07) is 11.9. The minimum atomic E-state index is -2.91. The van der Waals surface area contributed by atoms with Gasteiger partial charge in [0.05, 0.1) is 12.6 Å². The summed E-state index contributed by atoms with van der Waals surface area (Å²) < 4.78 is 57.7. The molecule has 10 heteroatoms. The van der Waals surface area contributed by atoms with Gasteiger partial charge in [-0.1, -0.05) is 24.3 Å². The second-order valence-electron chi connectivity index (χ2n) is 6.07. The van der Waals surface area contributed by atoms with Gasteiger partial charge in [-0.05, 0) is 42.3 Å². The number of aliphatic hydroxyl groups is 1. The summed E-state index contributed by atoms with van der Waals surface area (Å²) >= 11 is 0. The van der Waals surface area contributed by atoms with Crippen molar-refractivity contribution in [2.24, 2.45) is 4.99 Å². The quantitative estimate of drug-likeness (QED) is 0.305. The molecular formula is C20H23F4N3O3. The minimum absolute atomic E-state index is 0.00172. The first-order chi connectivity index (χ1) is 14.4. The Hall–Kier alpha value is -3.01. The number of aliphatic hydroxyl groups excluding tert-OH is 1. The number of aliphatic imine (C=N–C) groups is 1. The van der Waals surface area contributed by atoms with E-state index in [1.807, 2.05) is 6.92 Å². The molecule has 0 aliphatic rings. The van der Waals surface area contributed by atoms with Crippen LogP contribution in [0.3, 0.4) is 0 Å². The van der Waals surface area contributed by atoms with Gasteiger partial charge in [-0.3, -0.25) is 0 Å². The van der Waals surface area contributed by atoms with Gasteiger partial charge in [-0.2, -0.15) is 17.6 Å². The van der Waals surface area contributed by atoms with E-state index in [0.717, 1.165) is 0 Å². The lowest BCUT2D eigenvalue weighted by molar-refractivity contribution is -0.0505. The lowest BCUT2D eigenvalue weighted by atomic mass is 10.1. The van der Waals surface area contributed by atoms with Crippen molar-refractivity contribution < 1.29 is 32.1 Å². The maximum atomic E-state index is 12.3. The Morgan fingerprint density at radius 3 is 2.27 bits per heavy atom. The highest BCUT2D eigenvalue weighted by atomic mass is 19.3. The molecule has 1 unspecified atom stereocenters. The molecular weight excluding hydrogens is 406 g/mol. The van der Waals surface area contributed by atoms with E-state index in [1.165, 1.54) is 36.4 Å². The van der Waals surface area contributed by atoms with Crippen LogP contribution in [0.25, 0.3) is 0 Å². The topological polar surface area (TPSA) is 75.1 Å². The highest BCUT2D eigenvalue weighted by molar-refractivity contribution is 5.79. The van der Waals surface area contributed by atoms with Gasteiger partial charge in [0.2, 0.25) is 0 Å². The molecule has 6 nitrogen and oxygen atoms in total. The Balaban J connectivity index is 1.94. The number of benzene rings is 2. The first-order valence-corrected chi connectivity index (χ1v) is 9.16. The van der Waals surface area contributed by atoms with Gasteiger partial charge in [0, 0.05) is 13.1 Å². The molecule has 30 heavy (non-hydrogen) atoms. The van der Waals surface area contributed by atoms with E-state index in [1.54, 1.807) is 12.1 Å². The maximum absolute atomic E-state index is 12.3. The molecule has 2 aromatic rings. The summed E-state index contributed by atoms with van der Waals surface area (Å²) in [5.74, 6) is 0.460. The van der Waals surface area contributed by atoms with Crippen LogP contribution < -0.4 is 20.1 Å². The third kappa shape index (κ3) is 8.16. The summed E-state index contributed by atoms with van der Waals surface area (Å²) in [5, 5.41) is 16.3. The van der Waals surface area contributed by atoms with Gasteiger partial charge in [0.1, 0.15) is 11.5 Å². The summed E-state index contributed by atoms with van der Waals surface area (Å²) in [7, 11) is 0. The van der Waals surface area contributed by atoms with E-state index in [9.17, 15) is 22.7 Å². The van der Waals surface area contributed by atoms with Crippen LogP contribution in [-0.2, 0) is 6.54 Å². The highest BCUT2D eigenvalue weighted by Gasteiger charge is 2.10. The predicted molar refractivity (Wildman–Crippen MR) is 104 cm³/mol. The second kappa shape index (κ2) is 11.9. The second-order valence-corrected chi connectivity index (χ2v) is 6.07. The Kier molecular flexibility index (Phi) is 9.20. The lowest BCUT2D eigenvalue weighted by Crippen LogP contribution is -2.39. The SMILES string of the molecule is CCNC(=NCc1cccc(OC(F)F)c1)NCC(O)c1ccc(OC(F)F)cc1. The molecule has 0 amide bonds. The molecule has 2 rings (SSSR count). The zero-order chi connectivity index (χ0) is 21.9. The predicted octanol–water partition coefficient (Wildman–Crippen LogP) is 3.68. The maximum Gasteiger partial charge on any atom is 0.387 e. The van der Waals surface area contributed by atoms with E-state index in [-0.39, 0.29) is 24.6 Å². The number of hydrogen-bond acceptors (Lipinski definition) is 4. The van der Waals surface area contributed by atoms with Gasteiger partial charge in [0.15, 0.2) is 5.96 Å². The Bertz CT molecular complexity index is 804. The van der Waals surface area contributed by atoms with Crippen molar-refractivity contribution in [1.29, 1.82) is 0 Å². The van der Waals surface area contributed by atoms with Gasteiger partial charge < -0.3 is 25.2 Å². The normalized spacial score (nSPS) is 12.7. The molecule has 0 fully saturated rings. The van der Waals surface area contributed by atoms with Crippen molar-refractivity contribution in [3.63, 3.8) is 0 Å². The molecule has 0 spiro atoms. The number of rotatable bonds is 10. The lowest BCUT2D eigenvalue weighted by Gasteiger charge is -2.16. The highest BCUT2D eigenvalue weighted by Crippen LogP contribution is 2.19. The third-order valence-corrected chi connectivity index (χ3v) is 3.84. The zero-order valence-electron chi connectivity index (χ0n) is 16.2. The van der Waals surface area contributed by atoms with Crippen LogP contribution in [0.5, 0.6) is 11.5 Å². The van der Waals surface area contributed by atoms with Crippen molar-refractivity contribution in [1.82, 2.24) is 10.6 Å². The molecule has 0 heterocycles. The van der Waals surface area contributed by atoms with Crippen LogP contribution in [0.2, 0.25) is 0 Å². The standard InChI is InChI=1S/C20H23F4N3O3/c1-2-25-20(26-11-13-4-3-5-16(10-13)30-19(23)24)27-12-17(28)14-6-8-15(9-7-14)29-18(21)22/h3-10,17-19,28H,2,11-12H2,1H3,(H2,25,26,27). The van der Waals surface area contributed by atoms with Crippen molar-refractivity contribution >= 4 is 5.96 Å².